The van der Waals surface area contributed by atoms with Crippen molar-refractivity contribution >= 4 is 52.1 Å². The molecule has 4 aromatic rings. The highest BCUT2D eigenvalue weighted by molar-refractivity contribution is 6.35. The number of hydrogen-bond donors (Lipinski definition) is 1. The molecule has 0 bridgehead atoms. The summed E-state index contributed by atoms with van der Waals surface area (Å²) in [6, 6.07) is 23.0. The minimum atomic E-state index is -0.495. The topological polar surface area (TPSA) is 77.0 Å². The predicted molar refractivity (Wildman–Crippen MR) is 138 cm³/mol. The van der Waals surface area contributed by atoms with E-state index in [4.69, 9.17) is 32.7 Å². The smallest absolute Gasteiger partial charge is 0.343 e. The lowest BCUT2D eigenvalue weighted by Crippen LogP contribution is -2.24. The van der Waals surface area contributed by atoms with E-state index in [0.29, 0.717) is 32.7 Å². The van der Waals surface area contributed by atoms with E-state index in [2.05, 4.69) is 10.5 Å². The minimum Gasteiger partial charge on any atom is -0.482 e. The minimum absolute atomic E-state index is 0.296. The summed E-state index contributed by atoms with van der Waals surface area (Å²) in [4.78, 5) is 25.0. The predicted octanol–water partition coefficient (Wildman–Crippen LogP) is 6.20. The number of amides is 1. The fraction of sp³-hybridized carbons (Fsp3) is 0.0741. The van der Waals surface area contributed by atoms with Gasteiger partial charge in [0.25, 0.3) is 5.91 Å². The SMILES string of the molecule is Cc1cccc(C(=O)Oc2ccc3ccccc3c2C=NNC(=O)COc2ccc(Cl)cc2Cl)c1. The van der Waals surface area contributed by atoms with Gasteiger partial charge in [-0.2, -0.15) is 5.10 Å². The summed E-state index contributed by atoms with van der Waals surface area (Å²) >= 11 is 11.9. The Kier molecular flexibility index (Phi) is 7.65. The van der Waals surface area contributed by atoms with Crippen LogP contribution in [0.25, 0.3) is 10.8 Å². The normalized spacial score (nSPS) is 10.9. The van der Waals surface area contributed by atoms with Crippen molar-refractivity contribution in [3.8, 4) is 11.5 Å². The highest BCUT2D eigenvalue weighted by Gasteiger charge is 2.14. The standard InChI is InChI=1S/C27H20Cl2N2O4/c1-17-5-4-7-19(13-17)27(33)35-24-11-9-18-6-2-3-8-21(18)22(24)15-30-31-26(32)16-34-25-12-10-20(28)14-23(25)29/h2-15H,16H2,1H3,(H,31,32). The Hall–Kier alpha value is -3.87. The number of rotatable bonds is 7. The average molecular weight is 507 g/mol. The highest BCUT2D eigenvalue weighted by Crippen LogP contribution is 2.28. The van der Waals surface area contributed by atoms with Gasteiger partial charge in [0.1, 0.15) is 11.5 Å². The van der Waals surface area contributed by atoms with Crippen molar-refractivity contribution in [1.29, 1.82) is 0 Å². The Bertz CT molecular complexity index is 1440. The Morgan fingerprint density at radius 1 is 0.943 bits per heavy atom. The zero-order valence-corrected chi connectivity index (χ0v) is 20.1. The highest BCUT2D eigenvalue weighted by atomic mass is 35.5. The third kappa shape index (κ3) is 6.18. The molecule has 0 aliphatic rings. The molecule has 176 valence electrons. The van der Waals surface area contributed by atoms with E-state index >= 15 is 0 Å². The molecule has 0 fully saturated rings. The zero-order chi connectivity index (χ0) is 24.8. The fourth-order valence-electron chi connectivity index (χ4n) is 3.37. The van der Waals surface area contributed by atoms with Crippen molar-refractivity contribution in [3.05, 3.63) is 106 Å². The number of fused-ring (bicyclic) bond motifs is 1. The first-order chi connectivity index (χ1) is 16.9. The number of hydrazone groups is 1. The van der Waals surface area contributed by atoms with E-state index in [-0.39, 0.29) is 6.61 Å². The molecule has 0 saturated carbocycles. The van der Waals surface area contributed by atoms with Crippen molar-refractivity contribution in [1.82, 2.24) is 5.43 Å². The molecule has 4 rings (SSSR count). The largest absolute Gasteiger partial charge is 0.482 e. The van der Waals surface area contributed by atoms with Crippen LogP contribution in [0.15, 0.2) is 84.0 Å². The molecule has 8 heteroatoms. The molecule has 0 atom stereocenters. The summed E-state index contributed by atoms with van der Waals surface area (Å²) in [5, 5.41) is 6.54. The van der Waals surface area contributed by atoms with Crippen LogP contribution in [-0.2, 0) is 4.79 Å². The van der Waals surface area contributed by atoms with Crippen LogP contribution in [0.5, 0.6) is 11.5 Å². The third-order valence-electron chi connectivity index (χ3n) is 5.02. The summed E-state index contributed by atoms with van der Waals surface area (Å²) in [7, 11) is 0. The van der Waals surface area contributed by atoms with Crippen LogP contribution in [0.1, 0.15) is 21.5 Å². The van der Waals surface area contributed by atoms with E-state index in [0.717, 1.165) is 16.3 Å². The third-order valence-corrected chi connectivity index (χ3v) is 5.55. The number of ether oxygens (including phenoxy) is 2. The van der Waals surface area contributed by atoms with Crippen LogP contribution >= 0.6 is 23.2 Å². The van der Waals surface area contributed by atoms with E-state index in [1.807, 2.05) is 43.3 Å². The quantitative estimate of drug-likeness (QED) is 0.140. The first kappa shape index (κ1) is 24.3. The van der Waals surface area contributed by atoms with Crippen LogP contribution in [0, 0.1) is 6.92 Å². The number of aryl methyl sites for hydroxylation is 1. The molecule has 0 unspecified atom stereocenters. The molecule has 0 radical (unpaired) electrons. The van der Waals surface area contributed by atoms with Crippen LogP contribution in [0.2, 0.25) is 10.0 Å². The molecule has 0 aliphatic carbocycles. The molecule has 35 heavy (non-hydrogen) atoms. The van der Waals surface area contributed by atoms with Gasteiger partial charge in [-0.25, -0.2) is 10.2 Å². The van der Waals surface area contributed by atoms with E-state index in [1.165, 1.54) is 12.3 Å². The van der Waals surface area contributed by atoms with Crippen molar-refractivity contribution in [2.75, 3.05) is 6.61 Å². The van der Waals surface area contributed by atoms with Gasteiger partial charge in [0.15, 0.2) is 6.61 Å². The van der Waals surface area contributed by atoms with Gasteiger partial charge in [0.05, 0.1) is 16.8 Å². The van der Waals surface area contributed by atoms with Gasteiger partial charge in [0, 0.05) is 10.6 Å². The van der Waals surface area contributed by atoms with Crippen LogP contribution in [0.3, 0.4) is 0 Å². The van der Waals surface area contributed by atoms with Crippen molar-refractivity contribution in [2.45, 2.75) is 6.92 Å². The molecule has 4 aromatic carbocycles. The maximum atomic E-state index is 12.7. The van der Waals surface area contributed by atoms with Gasteiger partial charge in [-0.3, -0.25) is 4.79 Å². The summed E-state index contributed by atoms with van der Waals surface area (Å²) in [6.45, 7) is 1.60. The summed E-state index contributed by atoms with van der Waals surface area (Å²) in [5.41, 5.74) is 4.35. The van der Waals surface area contributed by atoms with Gasteiger partial charge >= 0.3 is 5.97 Å². The summed E-state index contributed by atoms with van der Waals surface area (Å²) in [6.07, 6.45) is 1.44. The molecular formula is C27H20Cl2N2O4. The molecule has 0 aromatic heterocycles. The number of nitrogens with one attached hydrogen (secondary N) is 1. The molecular weight excluding hydrogens is 487 g/mol. The van der Waals surface area contributed by atoms with Crippen LogP contribution < -0.4 is 14.9 Å². The number of benzene rings is 4. The Balaban J connectivity index is 1.51. The zero-order valence-electron chi connectivity index (χ0n) is 18.6. The monoisotopic (exact) mass is 506 g/mol. The molecule has 0 saturated heterocycles. The van der Waals surface area contributed by atoms with Gasteiger partial charge in [-0.15, -0.1) is 0 Å². The number of esters is 1. The molecule has 0 heterocycles. The first-order valence-electron chi connectivity index (χ1n) is 10.6. The van der Waals surface area contributed by atoms with Crippen molar-refractivity contribution in [3.63, 3.8) is 0 Å². The van der Waals surface area contributed by atoms with E-state index in [9.17, 15) is 9.59 Å². The number of carbonyl (C=O) groups is 2. The first-order valence-corrected chi connectivity index (χ1v) is 11.4. The lowest BCUT2D eigenvalue weighted by atomic mass is 10.0. The van der Waals surface area contributed by atoms with Gasteiger partial charge < -0.3 is 9.47 Å². The second-order valence-corrected chi connectivity index (χ2v) is 8.46. The molecule has 1 amide bonds. The van der Waals surface area contributed by atoms with Gasteiger partial charge in [0.2, 0.25) is 0 Å². The van der Waals surface area contributed by atoms with Gasteiger partial charge in [-0.05, 0) is 54.1 Å². The summed E-state index contributed by atoms with van der Waals surface area (Å²) in [5.74, 6) is -0.339. The molecule has 6 nitrogen and oxygen atoms in total. The molecule has 0 aliphatic heterocycles. The average Bonchev–Trinajstić information content (AvgIpc) is 2.84. The number of halogens is 2. The Morgan fingerprint density at radius 2 is 1.74 bits per heavy atom. The maximum Gasteiger partial charge on any atom is 0.343 e. The Morgan fingerprint density at radius 3 is 2.54 bits per heavy atom. The Labute approximate surface area is 212 Å². The van der Waals surface area contributed by atoms with Crippen molar-refractivity contribution < 1.29 is 19.1 Å². The van der Waals surface area contributed by atoms with E-state index in [1.54, 1.807) is 36.4 Å². The lowest BCUT2D eigenvalue weighted by Gasteiger charge is -2.11. The van der Waals surface area contributed by atoms with Crippen LogP contribution in [0.4, 0.5) is 0 Å². The second-order valence-electron chi connectivity index (χ2n) is 7.61. The number of nitrogens with zero attached hydrogens (tertiary/aromatic N) is 1. The van der Waals surface area contributed by atoms with Gasteiger partial charge in [-0.1, -0.05) is 71.2 Å². The molecule has 0 spiro atoms. The summed E-state index contributed by atoms with van der Waals surface area (Å²) < 4.78 is 11.1. The van der Waals surface area contributed by atoms with E-state index < -0.39 is 11.9 Å². The number of carbonyl (C=O) groups excluding carboxylic acids is 2. The fourth-order valence-corrected chi connectivity index (χ4v) is 3.83. The number of hydrogen-bond acceptors (Lipinski definition) is 5. The second kappa shape index (κ2) is 11.0. The lowest BCUT2D eigenvalue weighted by molar-refractivity contribution is -0.123. The van der Waals surface area contributed by atoms with Crippen molar-refractivity contribution in [2.24, 2.45) is 5.10 Å². The molecule has 1 N–H and O–H groups in total. The van der Waals surface area contributed by atoms with Crippen LogP contribution in [-0.4, -0.2) is 24.7 Å². The maximum absolute atomic E-state index is 12.7.